The van der Waals surface area contributed by atoms with Gasteiger partial charge in [-0.15, -0.1) is 0 Å². The molecule has 1 rings (SSSR count). The highest BCUT2D eigenvalue weighted by Crippen LogP contribution is 2.39. The molecular formula is C14H28N2O2. The molecule has 0 atom stereocenters. The van der Waals surface area contributed by atoms with Crippen LogP contribution in [0, 0.1) is 5.41 Å². The van der Waals surface area contributed by atoms with E-state index in [9.17, 15) is 4.79 Å². The Balaban J connectivity index is 2.60. The molecule has 0 aromatic rings. The topological polar surface area (TPSA) is 64.3 Å². The highest BCUT2D eigenvalue weighted by atomic mass is 16.6. The fourth-order valence-electron chi connectivity index (χ4n) is 2.31. The van der Waals surface area contributed by atoms with Crippen molar-refractivity contribution in [3.05, 3.63) is 0 Å². The Bertz CT molecular complexity index is 295. The summed E-state index contributed by atoms with van der Waals surface area (Å²) in [5, 5.41) is 2.99. The minimum Gasteiger partial charge on any atom is -0.444 e. The van der Waals surface area contributed by atoms with E-state index in [1.807, 2.05) is 20.8 Å². The quantitative estimate of drug-likeness (QED) is 0.798. The van der Waals surface area contributed by atoms with Gasteiger partial charge in [0.25, 0.3) is 0 Å². The molecule has 1 aliphatic rings. The van der Waals surface area contributed by atoms with Gasteiger partial charge in [0.05, 0.1) is 5.54 Å². The lowest BCUT2D eigenvalue weighted by Crippen LogP contribution is -2.57. The van der Waals surface area contributed by atoms with Crippen LogP contribution in [0.4, 0.5) is 4.79 Å². The number of nitrogens with two attached hydrogens (primary N) is 1. The number of nitrogens with one attached hydrogen (secondary N) is 1. The predicted molar refractivity (Wildman–Crippen MR) is 73.4 cm³/mol. The molecule has 0 spiro atoms. The molecule has 0 aromatic carbocycles. The van der Waals surface area contributed by atoms with Crippen LogP contribution in [0.15, 0.2) is 0 Å². The summed E-state index contributed by atoms with van der Waals surface area (Å²) in [6.45, 7) is 10.6. The second kappa shape index (κ2) is 5.08. The molecular weight excluding hydrogens is 228 g/mol. The molecule has 1 amide bonds. The van der Waals surface area contributed by atoms with Gasteiger partial charge in [-0.1, -0.05) is 13.8 Å². The van der Waals surface area contributed by atoms with Gasteiger partial charge in [-0.25, -0.2) is 4.79 Å². The molecule has 18 heavy (non-hydrogen) atoms. The SMILES string of the molecule is CC1(C)CCC(CN)(NC(=O)OC(C)(C)C)CC1. The monoisotopic (exact) mass is 256 g/mol. The molecule has 4 nitrogen and oxygen atoms in total. The van der Waals surface area contributed by atoms with E-state index in [1.54, 1.807) is 0 Å². The fourth-order valence-corrected chi connectivity index (χ4v) is 2.31. The lowest BCUT2D eigenvalue weighted by Gasteiger charge is -2.43. The van der Waals surface area contributed by atoms with Gasteiger partial charge in [0, 0.05) is 6.54 Å². The average Bonchev–Trinajstić information content (AvgIpc) is 2.19. The van der Waals surface area contributed by atoms with Gasteiger partial charge in [0.2, 0.25) is 0 Å². The molecule has 3 N–H and O–H groups in total. The van der Waals surface area contributed by atoms with E-state index in [2.05, 4.69) is 19.2 Å². The van der Waals surface area contributed by atoms with E-state index in [1.165, 1.54) is 0 Å². The van der Waals surface area contributed by atoms with Crippen molar-refractivity contribution in [2.45, 2.75) is 71.4 Å². The largest absolute Gasteiger partial charge is 0.444 e. The van der Waals surface area contributed by atoms with Crippen LogP contribution in [0.1, 0.15) is 60.3 Å². The first-order chi connectivity index (χ1) is 8.08. The fraction of sp³-hybridized carbons (Fsp3) is 0.929. The Kier molecular flexibility index (Phi) is 4.31. The summed E-state index contributed by atoms with van der Waals surface area (Å²) in [4.78, 5) is 11.9. The molecule has 1 fully saturated rings. The van der Waals surface area contributed by atoms with Crippen molar-refractivity contribution >= 4 is 6.09 Å². The molecule has 0 unspecified atom stereocenters. The highest BCUT2D eigenvalue weighted by Gasteiger charge is 2.39. The van der Waals surface area contributed by atoms with Gasteiger partial charge in [-0.3, -0.25) is 0 Å². The van der Waals surface area contributed by atoms with Gasteiger partial charge in [-0.2, -0.15) is 0 Å². The highest BCUT2D eigenvalue weighted by molar-refractivity contribution is 5.68. The molecule has 0 aliphatic heterocycles. The minimum atomic E-state index is -0.464. The number of ether oxygens (including phenoxy) is 1. The molecule has 106 valence electrons. The van der Waals surface area contributed by atoms with Crippen LogP contribution in [0.25, 0.3) is 0 Å². The average molecular weight is 256 g/mol. The molecule has 0 heterocycles. The number of rotatable bonds is 2. The third kappa shape index (κ3) is 4.48. The Labute approximate surface area is 111 Å². The number of alkyl carbamates (subject to hydrolysis) is 1. The zero-order valence-corrected chi connectivity index (χ0v) is 12.4. The van der Waals surface area contributed by atoms with Gasteiger partial charge >= 0.3 is 6.09 Å². The molecule has 0 aromatic heterocycles. The number of carbonyl (C=O) groups excluding carboxylic acids is 1. The molecule has 0 saturated heterocycles. The third-order valence-electron chi connectivity index (χ3n) is 3.72. The second-order valence-corrected chi connectivity index (χ2v) is 7.28. The second-order valence-electron chi connectivity index (χ2n) is 7.28. The van der Waals surface area contributed by atoms with Crippen molar-refractivity contribution in [3.63, 3.8) is 0 Å². The first kappa shape index (κ1) is 15.3. The van der Waals surface area contributed by atoms with E-state index in [0.29, 0.717) is 12.0 Å². The van der Waals surface area contributed by atoms with E-state index in [-0.39, 0.29) is 11.6 Å². The normalized spacial score (nSPS) is 22.3. The summed E-state index contributed by atoms with van der Waals surface area (Å²) in [6, 6.07) is 0. The Morgan fingerprint density at radius 3 is 2.11 bits per heavy atom. The van der Waals surface area contributed by atoms with Gasteiger partial charge in [-0.05, 0) is 51.9 Å². The smallest absolute Gasteiger partial charge is 0.408 e. The Hall–Kier alpha value is -0.770. The number of amides is 1. The zero-order valence-electron chi connectivity index (χ0n) is 12.4. The van der Waals surface area contributed by atoms with E-state index in [4.69, 9.17) is 10.5 Å². The third-order valence-corrected chi connectivity index (χ3v) is 3.72. The van der Waals surface area contributed by atoms with Crippen LogP contribution in [-0.2, 0) is 4.74 Å². The lowest BCUT2D eigenvalue weighted by molar-refractivity contribution is 0.0386. The van der Waals surface area contributed by atoms with Crippen LogP contribution in [0.5, 0.6) is 0 Å². The maximum atomic E-state index is 11.9. The maximum absolute atomic E-state index is 11.9. The standard InChI is InChI=1S/C14H28N2O2/c1-12(2,3)18-11(17)16-14(10-15)8-6-13(4,5)7-9-14/h6-10,15H2,1-5H3,(H,16,17). The molecule has 0 bridgehead atoms. The zero-order chi connectivity index (χ0) is 14.0. The van der Waals surface area contributed by atoms with Crippen LogP contribution in [0.3, 0.4) is 0 Å². The number of carbonyl (C=O) groups is 1. The maximum Gasteiger partial charge on any atom is 0.408 e. The predicted octanol–water partition coefficient (Wildman–Crippen LogP) is 2.81. The summed E-state index contributed by atoms with van der Waals surface area (Å²) in [6.07, 6.45) is 3.67. The molecule has 0 radical (unpaired) electrons. The van der Waals surface area contributed by atoms with Crippen LogP contribution < -0.4 is 11.1 Å². The van der Waals surface area contributed by atoms with E-state index >= 15 is 0 Å². The van der Waals surface area contributed by atoms with Crippen molar-refractivity contribution in [1.82, 2.24) is 5.32 Å². The van der Waals surface area contributed by atoms with Crippen LogP contribution in [0.2, 0.25) is 0 Å². The minimum absolute atomic E-state index is 0.280. The summed E-state index contributed by atoms with van der Waals surface area (Å²) in [5.74, 6) is 0. The molecule has 1 aliphatic carbocycles. The van der Waals surface area contributed by atoms with Crippen molar-refractivity contribution in [1.29, 1.82) is 0 Å². The molecule has 4 heteroatoms. The van der Waals surface area contributed by atoms with Crippen LogP contribution in [-0.4, -0.2) is 23.8 Å². The Morgan fingerprint density at radius 2 is 1.72 bits per heavy atom. The van der Waals surface area contributed by atoms with Crippen molar-refractivity contribution < 1.29 is 9.53 Å². The van der Waals surface area contributed by atoms with E-state index < -0.39 is 5.60 Å². The van der Waals surface area contributed by atoms with Gasteiger partial charge in [0.1, 0.15) is 5.60 Å². The lowest BCUT2D eigenvalue weighted by atomic mass is 9.69. The summed E-state index contributed by atoms with van der Waals surface area (Å²) >= 11 is 0. The van der Waals surface area contributed by atoms with Crippen molar-refractivity contribution in [2.24, 2.45) is 11.1 Å². The van der Waals surface area contributed by atoms with Gasteiger partial charge < -0.3 is 15.8 Å². The van der Waals surface area contributed by atoms with Crippen LogP contribution >= 0.6 is 0 Å². The molecule has 1 saturated carbocycles. The van der Waals surface area contributed by atoms with Crippen molar-refractivity contribution in [2.75, 3.05) is 6.54 Å². The van der Waals surface area contributed by atoms with Gasteiger partial charge in [0.15, 0.2) is 0 Å². The Morgan fingerprint density at radius 1 is 1.22 bits per heavy atom. The first-order valence-electron chi connectivity index (χ1n) is 6.79. The summed E-state index contributed by atoms with van der Waals surface area (Å²) in [5.41, 5.74) is 5.48. The number of hydrogen-bond acceptors (Lipinski definition) is 3. The van der Waals surface area contributed by atoms with Crippen molar-refractivity contribution in [3.8, 4) is 0 Å². The summed E-state index contributed by atoms with van der Waals surface area (Å²) in [7, 11) is 0. The number of hydrogen-bond donors (Lipinski definition) is 2. The first-order valence-corrected chi connectivity index (χ1v) is 6.79. The summed E-state index contributed by atoms with van der Waals surface area (Å²) < 4.78 is 5.31. The van der Waals surface area contributed by atoms with E-state index in [0.717, 1.165) is 25.7 Å².